The highest BCUT2D eigenvalue weighted by Crippen LogP contribution is 2.47. The number of aliphatic hydroxyl groups is 1. The second kappa shape index (κ2) is 8.67. The first-order chi connectivity index (χ1) is 15.7. The average molecular weight is 454 g/mol. The summed E-state index contributed by atoms with van der Waals surface area (Å²) in [5.41, 5.74) is -2.74. The summed E-state index contributed by atoms with van der Waals surface area (Å²) < 4.78 is 53.0. The lowest BCUT2D eigenvalue weighted by Gasteiger charge is -2.36. The first-order valence-corrected chi connectivity index (χ1v) is 10.1. The fourth-order valence-corrected chi connectivity index (χ4v) is 3.44. The standard InChI is InChI=1S/C24H21F3N4O2/c1-16-3-6-18(7-4-16)33-19-8-10-22(29-12-19)24(26,27)23(32,13-31-15-28-14-30-31)20-9-5-17(2)11-21(20)25/h3-12,14-15,32H,13H2,1-2H3. The summed E-state index contributed by atoms with van der Waals surface area (Å²) >= 11 is 0. The molecule has 6 nitrogen and oxygen atoms in total. The van der Waals surface area contributed by atoms with Crippen LogP contribution in [0.1, 0.15) is 22.4 Å². The molecule has 0 saturated heterocycles. The summed E-state index contributed by atoms with van der Waals surface area (Å²) in [5, 5.41) is 15.1. The van der Waals surface area contributed by atoms with Crippen LogP contribution < -0.4 is 4.74 Å². The van der Waals surface area contributed by atoms with E-state index in [1.807, 2.05) is 19.1 Å². The Bertz CT molecular complexity index is 1230. The number of pyridine rings is 1. The quantitative estimate of drug-likeness (QED) is 0.430. The number of alkyl halides is 2. The average Bonchev–Trinajstić information content (AvgIpc) is 3.28. The molecule has 0 saturated carbocycles. The van der Waals surface area contributed by atoms with Crippen LogP contribution in [0.3, 0.4) is 0 Å². The van der Waals surface area contributed by atoms with Crippen molar-refractivity contribution in [2.45, 2.75) is 31.9 Å². The minimum absolute atomic E-state index is 0.236. The third kappa shape index (κ3) is 4.45. The smallest absolute Gasteiger partial charge is 0.323 e. The van der Waals surface area contributed by atoms with E-state index in [0.717, 1.165) is 41.0 Å². The van der Waals surface area contributed by atoms with E-state index in [1.165, 1.54) is 18.5 Å². The summed E-state index contributed by atoms with van der Waals surface area (Å²) in [6, 6.07) is 13.2. The van der Waals surface area contributed by atoms with E-state index in [9.17, 15) is 9.50 Å². The summed E-state index contributed by atoms with van der Waals surface area (Å²) in [5.74, 6) is -4.19. The minimum atomic E-state index is -3.99. The fourth-order valence-electron chi connectivity index (χ4n) is 3.44. The van der Waals surface area contributed by atoms with Gasteiger partial charge in [-0.25, -0.2) is 14.1 Å². The molecule has 4 rings (SSSR count). The highest BCUT2D eigenvalue weighted by Gasteiger charge is 2.57. The maximum Gasteiger partial charge on any atom is 0.323 e. The normalized spacial score (nSPS) is 13.5. The van der Waals surface area contributed by atoms with Crippen LogP contribution in [0.15, 0.2) is 73.4 Å². The molecule has 0 aliphatic rings. The maximum atomic E-state index is 15.8. The number of aryl methyl sites for hydroxylation is 2. The Labute approximate surface area is 188 Å². The van der Waals surface area contributed by atoms with Crippen molar-refractivity contribution in [1.29, 1.82) is 0 Å². The Balaban J connectivity index is 1.70. The summed E-state index contributed by atoms with van der Waals surface area (Å²) in [6.07, 6.45) is 3.43. The second-order valence-electron chi connectivity index (χ2n) is 7.81. The zero-order valence-corrected chi connectivity index (χ0v) is 17.9. The van der Waals surface area contributed by atoms with E-state index in [0.29, 0.717) is 11.3 Å². The van der Waals surface area contributed by atoms with Crippen LogP contribution in [-0.2, 0) is 18.1 Å². The molecule has 33 heavy (non-hydrogen) atoms. The number of rotatable bonds is 7. The zero-order chi connectivity index (χ0) is 23.6. The molecule has 4 aromatic rings. The monoisotopic (exact) mass is 454 g/mol. The van der Waals surface area contributed by atoms with E-state index >= 15 is 8.78 Å². The van der Waals surface area contributed by atoms with Crippen LogP contribution in [0, 0.1) is 19.7 Å². The van der Waals surface area contributed by atoms with E-state index in [-0.39, 0.29) is 5.75 Å². The lowest BCUT2D eigenvalue weighted by molar-refractivity contribution is -0.207. The zero-order valence-electron chi connectivity index (χ0n) is 17.9. The molecule has 2 aromatic carbocycles. The van der Waals surface area contributed by atoms with Gasteiger partial charge in [0, 0.05) is 5.56 Å². The molecule has 0 amide bonds. The van der Waals surface area contributed by atoms with Crippen molar-refractivity contribution in [2.24, 2.45) is 0 Å². The Morgan fingerprint density at radius 1 is 0.970 bits per heavy atom. The SMILES string of the molecule is Cc1ccc(Oc2ccc(C(F)(F)C(O)(Cn3cncn3)c3ccc(C)cc3F)nc2)cc1. The van der Waals surface area contributed by atoms with Gasteiger partial charge in [-0.15, -0.1) is 0 Å². The largest absolute Gasteiger partial charge is 0.456 e. The van der Waals surface area contributed by atoms with Gasteiger partial charge in [0.2, 0.25) is 0 Å². The van der Waals surface area contributed by atoms with Gasteiger partial charge in [0.05, 0.1) is 12.7 Å². The molecule has 9 heteroatoms. The molecular weight excluding hydrogens is 433 g/mol. The number of ether oxygens (including phenoxy) is 1. The first kappa shape index (κ1) is 22.5. The molecule has 170 valence electrons. The van der Waals surface area contributed by atoms with Crippen molar-refractivity contribution in [2.75, 3.05) is 0 Å². The highest BCUT2D eigenvalue weighted by atomic mass is 19.3. The number of halogens is 3. The van der Waals surface area contributed by atoms with Gasteiger partial charge in [0.25, 0.3) is 0 Å². The number of nitrogens with zero attached hydrogens (tertiary/aromatic N) is 4. The molecule has 0 aliphatic carbocycles. The molecule has 0 aliphatic heterocycles. The Morgan fingerprint density at radius 3 is 2.27 bits per heavy atom. The van der Waals surface area contributed by atoms with Gasteiger partial charge in [-0.05, 0) is 49.7 Å². The molecule has 0 bridgehead atoms. The predicted octanol–water partition coefficient (Wildman–Crippen LogP) is 4.90. The molecular formula is C24H21F3N4O2. The second-order valence-corrected chi connectivity index (χ2v) is 7.81. The lowest BCUT2D eigenvalue weighted by Crippen LogP contribution is -2.48. The Kier molecular flexibility index (Phi) is 5.90. The highest BCUT2D eigenvalue weighted by molar-refractivity contribution is 5.35. The van der Waals surface area contributed by atoms with E-state index < -0.39 is 35.1 Å². The minimum Gasteiger partial charge on any atom is -0.456 e. The molecule has 1 atom stereocenters. The number of benzene rings is 2. The maximum absolute atomic E-state index is 15.8. The Morgan fingerprint density at radius 2 is 1.67 bits per heavy atom. The van der Waals surface area contributed by atoms with Crippen LogP contribution in [0.25, 0.3) is 0 Å². The number of aromatic nitrogens is 4. The van der Waals surface area contributed by atoms with Crippen molar-refractivity contribution in [1.82, 2.24) is 19.7 Å². The van der Waals surface area contributed by atoms with Crippen LogP contribution in [0.5, 0.6) is 11.5 Å². The van der Waals surface area contributed by atoms with Crippen molar-refractivity contribution in [3.63, 3.8) is 0 Å². The molecule has 1 unspecified atom stereocenters. The van der Waals surface area contributed by atoms with Gasteiger partial charge in [-0.3, -0.25) is 4.98 Å². The molecule has 0 radical (unpaired) electrons. The lowest BCUT2D eigenvalue weighted by atomic mass is 9.84. The summed E-state index contributed by atoms with van der Waals surface area (Å²) in [6.45, 7) is 2.80. The van der Waals surface area contributed by atoms with Gasteiger partial charge >= 0.3 is 5.92 Å². The third-order valence-electron chi connectivity index (χ3n) is 5.26. The fraction of sp³-hybridized carbons (Fsp3) is 0.208. The first-order valence-electron chi connectivity index (χ1n) is 10.1. The van der Waals surface area contributed by atoms with Crippen molar-refractivity contribution in [3.8, 4) is 11.5 Å². The van der Waals surface area contributed by atoms with Gasteiger partial charge in [-0.2, -0.15) is 13.9 Å². The third-order valence-corrected chi connectivity index (χ3v) is 5.26. The Hall–Kier alpha value is -3.72. The van der Waals surface area contributed by atoms with Gasteiger partial charge in [-0.1, -0.05) is 29.8 Å². The molecule has 0 spiro atoms. The topological polar surface area (TPSA) is 73.1 Å². The van der Waals surface area contributed by atoms with Crippen LogP contribution in [0.2, 0.25) is 0 Å². The van der Waals surface area contributed by atoms with Crippen LogP contribution >= 0.6 is 0 Å². The molecule has 2 heterocycles. The van der Waals surface area contributed by atoms with Crippen molar-refractivity contribution >= 4 is 0 Å². The molecule has 0 fully saturated rings. The van der Waals surface area contributed by atoms with Crippen LogP contribution in [0.4, 0.5) is 13.2 Å². The van der Waals surface area contributed by atoms with Crippen molar-refractivity contribution < 1.29 is 23.0 Å². The van der Waals surface area contributed by atoms with Crippen LogP contribution in [-0.4, -0.2) is 24.9 Å². The van der Waals surface area contributed by atoms with E-state index in [2.05, 4.69) is 15.1 Å². The predicted molar refractivity (Wildman–Crippen MR) is 114 cm³/mol. The summed E-state index contributed by atoms with van der Waals surface area (Å²) in [7, 11) is 0. The van der Waals surface area contributed by atoms with Gasteiger partial charge < -0.3 is 9.84 Å². The van der Waals surface area contributed by atoms with Gasteiger partial charge in [0.1, 0.15) is 35.7 Å². The number of hydrogen-bond donors (Lipinski definition) is 1. The summed E-state index contributed by atoms with van der Waals surface area (Å²) in [4.78, 5) is 7.55. The number of hydrogen-bond acceptors (Lipinski definition) is 5. The van der Waals surface area contributed by atoms with E-state index in [1.54, 1.807) is 19.1 Å². The van der Waals surface area contributed by atoms with Crippen molar-refractivity contribution in [3.05, 3.63) is 102 Å². The van der Waals surface area contributed by atoms with E-state index in [4.69, 9.17) is 4.74 Å². The molecule has 2 aromatic heterocycles. The molecule has 1 N–H and O–H groups in total. The van der Waals surface area contributed by atoms with Gasteiger partial charge in [0.15, 0.2) is 5.60 Å².